The number of halogens is 1. The maximum Gasteiger partial charge on any atom is 0.258 e. The molecule has 2 aromatic carbocycles. The number of hydrogen-bond acceptors (Lipinski definition) is 6. The number of anilines is 1. The number of rotatable bonds is 3. The number of fused-ring (bicyclic) bond motifs is 1. The van der Waals surface area contributed by atoms with E-state index in [0.717, 1.165) is 27.0 Å². The van der Waals surface area contributed by atoms with Gasteiger partial charge in [0.1, 0.15) is 5.01 Å². The Labute approximate surface area is 177 Å². The Bertz CT molecular complexity index is 1200. The summed E-state index contributed by atoms with van der Waals surface area (Å²) in [6.07, 6.45) is 0. The summed E-state index contributed by atoms with van der Waals surface area (Å²) in [5.41, 5.74) is 2.17. The highest BCUT2D eigenvalue weighted by atomic mass is 79.9. The van der Waals surface area contributed by atoms with E-state index in [-0.39, 0.29) is 11.0 Å². The lowest BCUT2D eigenvalue weighted by Gasteiger charge is -2.11. The molecule has 1 amide bonds. The van der Waals surface area contributed by atoms with Crippen molar-refractivity contribution in [2.24, 2.45) is 0 Å². The van der Waals surface area contributed by atoms with Gasteiger partial charge < -0.3 is 5.32 Å². The van der Waals surface area contributed by atoms with Crippen molar-refractivity contribution in [2.45, 2.75) is 6.92 Å². The fourth-order valence-corrected chi connectivity index (χ4v) is 4.10. The summed E-state index contributed by atoms with van der Waals surface area (Å²) in [4.78, 5) is 13.1. The molecule has 0 radical (unpaired) electrons. The van der Waals surface area contributed by atoms with Gasteiger partial charge in [-0.05, 0) is 59.3 Å². The number of thiocarbonyl (C=S) groups is 1. The highest BCUT2D eigenvalue weighted by Gasteiger charge is 2.13. The highest BCUT2D eigenvalue weighted by molar-refractivity contribution is 9.10. The number of amides is 1. The summed E-state index contributed by atoms with van der Waals surface area (Å²) >= 11 is 10.1. The van der Waals surface area contributed by atoms with E-state index >= 15 is 0 Å². The number of nitrogens with zero attached hydrogens (tertiary/aromatic N) is 4. The van der Waals surface area contributed by atoms with Crippen LogP contribution in [0.1, 0.15) is 16.2 Å². The van der Waals surface area contributed by atoms with Crippen molar-refractivity contribution in [3.05, 3.63) is 64.4 Å². The van der Waals surface area contributed by atoms with Gasteiger partial charge in [-0.1, -0.05) is 35.6 Å². The number of carbonyl (C=O) groups is 1. The van der Waals surface area contributed by atoms with Gasteiger partial charge in [0.25, 0.3) is 5.91 Å². The van der Waals surface area contributed by atoms with E-state index in [4.69, 9.17) is 12.2 Å². The predicted octanol–water partition coefficient (Wildman–Crippen LogP) is 4.05. The minimum atomic E-state index is -0.287. The van der Waals surface area contributed by atoms with Crippen LogP contribution in [0.5, 0.6) is 0 Å². The van der Waals surface area contributed by atoms with Crippen LogP contribution in [0.25, 0.3) is 15.5 Å². The van der Waals surface area contributed by atoms with Gasteiger partial charge >= 0.3 is 0 Å². The molecule has 0 aliphatic carbocycles. The molecule has 4 rings (SSSR count). The Morgan fingerprint density at radius 1 is 1.18 bits per heavy atom. The Balaban J connectivity index is 1.49. The van der Waals surface area contributed by atoms with E-state index in [1.165, 1.54) is 11.3 Å². The molecule has 2 N–H and O–H groups in total. The Kier molecular flexibility index (Phi) is 5.16. The van der Waals surface area contributed by atoms with Crippen molar-refractivity contribution in [3.8, 4) is 10.6 Å². The molecule has 0 fully saturated rings. The second kappa shape index (κ2) is 7.74. The van der Waals surface area contributed by atoms with Crippen LogP contribution in [0.15, 0.2) is 53.0 Å². The minimum Gasteiger partial charge on any atom is -0.332 e. The van der Waals surface area contributed by atoms with Crippen LogP contribution in [-0.4, -0.2) is 30.8 Å². The number of hydrogen-bond donors (Lipinski definition) is 2. The summed E-state index contributed by atoms with van der Waals surface area (Å²) < 4.78 is 2.42. The van der Waals surface area contributed by atoms with Gasteiger partial charge in [0.05, 0.1) is 5.56 Å². The molecule has 0 bridgehead atoms. The van der Waals surface area contributed by atoms with Crippen LogP contribution < -0.4 is 10.6 Å². The van der Waals surface area contributed by atoms with Crippen LogP contribution in [0, 0.1) is 6.92 Å². The summed E-state index contributed by atoms with van der Waals surface area (Å²) in [6.45, 7) is 1.85. The summed E-state index contributed by atoms with van der Waals surface area (Å²) in [5, 5.41) is 19.4. The molecule has 0 aliphatic rings. The molecule has 0 spiro atoms. The van der Waals surface area contributed by atoms with Crippen LogP contribution in [0.2, 0.25) is 0 Å². The maximum atomic E-state index is 12.4. The average molecular weight is 473 g/mol. The van der Waals surface area contributed by atoms with Gasteiger partial charge in [0.2, 0.25) is 4.96 Å². The summed E-state index contributed by atoms with van der Waals surface area (Å²) in [7, 11) is 0. The Morgan fingerprint density at radius 3 is 2.79 bits per heavy atom. The predicted molar refractivity (Wildman–Crippen MR) is 117 cm³/mol. The van der Waals surface area contributed by atoms with Crippen LogP contribution in [0.4, 0.5) is 5.69 Å². The zero-order valence-electron chi connectivity index (χ0n) is 14.5. The molecular formula is C18H13BrN6OS2. The Hall–Kier alpha value is -2.69. The normalized spacial score (nSPS) is 10.8. The fraction of sp³-hybridized carbons (Fsp3) is 0.0556. The number of nitrogens with one attached hydrogen (secondary N) is 2. The zero-order valence-corrected chi connectivity index (χ0v) is 17.7. The van der Waals surface area contributed by atoms with Gasteiger partial charge in [-0.3, -0.25) is 10.1 Å². The third-order valence-electron chi connectivity index (χ3n) is 3.86. The van der Waals surface area contributed by atoms with Gasteiger partial charge in [0.15, 0.2) is 10.9 Å². The van der Waals surface area contributed by atoms with E-state index in [1.807, 2.05) is 37.3 Å². The number of aromatic nitrogens is 4. The van der Waals surface area contributed by atoms with Crippen molar-refractivity contribution in [1.82, 2.24) is 25.1 Å². The summed E-state index contributed by atoms with van der Waals surface area (Å²) in [6, 6.07) is 14.8. The third kappa shape index (κ3) is 3.79. The standard InChI is InChI=1S/C18H13BrN6OS2/c1-10-22-23-18-25(10)24-16(28-18)11-5-4-6-12(9-11)20-17(27)21-15(26)13-7-2-3-8-14(13)19/h2-9H,1H3,(H2,20,21,26,27). The molecule has 140 valence electrons. The first-order chi connectivity index (χ1) is 13.5. The molecule has 4 aromatic rings. The smallest absolute Gasteiger partial charge is 0.258 e. The number of carbonyl (C=O) groups excluding carboxylic acids is 1. The van der Waals surface area contributed by atoms with Crippen LogP contribution >= 0.6 is 39.5 Å². The lowest BCUT2D eigenvalue weighted by atomic mass is 10.2. The molecule has 0 saturated carbocycles. The average Bonchev–Trinajstić information content (AvgIpc) is 3.24. The van der Waals surface area contributed by atoms with Gasteiger partial charge in [0, 0.05) is 15.7 Å². The van der Waals surface area contributed by atoms with E-state index in [9.17, 15) is 4.79 Å². The monoisotopic (exact) mass is 472 g/mol. The molecule has 2 heterocycles. The van der Waals surface area contributed by atoms with E-state index in [0.29, 0.717) is 10.0 Å². The minimum absolute atomic E-state index is 0.215. The molecule has 7 nitrogen and oxygen atoms in total. The molecule has 10 heteroatoms. The third-order valence-corrected chi connectivity index (χ3v) is 5.70. The molecule has 0 saturated heterocycles. The van der Waals surface area contributed by atoms with Crippen molar-refractivity contribution in [2.75, 3.05) is 5.32 Å². The van der Waals surface area contributed by atoms with Crippen molar-refractivity contribution < 1.29 is 4.79 Å². The van der Waals surface area contributed by atoms with Crippen molar-refractivity contribution >= 4 is 61.2 Å². The number of benzene rings is 2. The first-order valence-corrected chi connectivity index (χ1v) is 10.2. The topological polar surface area (TPSA) is 84.2 Å². The summed E-state index contributed by atoms with van der Waals surface area (Å²) in [5.74, 6) is 0.452. The second-order valence-electron chi connectivity index (χ2n) is 5.82. The van der Waals surface area contributed by atoms with Gasteiger partial charge in [-0.25, -0.2) is 0 Å². The first kappa shape index (κ1) is 18.7. The van der Waals surface area contributed by atoms with Gasteiger partial charge in [-0.2, -0.15) is 9.61 Å². The molecule has 0 unspecified atom stereocenters. The van der Waals surface area contributed by atoms with Crippen molar-refractivity contribution in [1.29, 1.82) is 0 Å². The lowest BCUT2D eigenvalue weighted by Crippen LogP contribution is -2.34. The number of aryl methyl sites for hydroxylation is 1. The fourth-order valence-electron chi connectivity index (χ4n) is 2.54. The van der Waals surface area contributed by atoms with E-state index in [2.05, 4.69) is 41.9 Å². The molecular weight excluding hydrogens is 460 g/mol. The zero-order chi connectivity index (χ0) is 19.7. The second-order valence-corrected chi connectivity index (χ2v) is 8.04. The van der Waals surface area contributed by atoms with Crippen LogP contribution in [0.3, 0.4) is 0 Å². The lowest BCUT2D eigenvalue weighted by molar-refractivity contribution is 0.0977. The van der Waals surface area contributed by atoms with Gasteiger partial charge in [-0.15, -0.1) is 10.2 Å². The largest absolute Gasteiger partial charge is 0.332 e. The quantitative estimate of drug-likeness (QED) is 0.437. The maximum absolute atomic E-state index is 12.4. The SMILES string of the molecule is Cc1nnc2sc(-c3cccc(NC(=S)NC(=O)c4ccccc4Br)c3)nn12. The molecule has 28 heavy (non-hydrogen) atoms. The first-order valence-electron chi connectivity index (χ1n) is 8.17. The van der Waals surface area contributed by atoms with E-state index < -0.39 is 0 Å². The van der Waals surface area contributed by atoms with E-state index in [1.54, 1.807) is 22.7 Å². The highest BCUT2D eigenvalue weighted by Crippen LogP contribution is 2.27. The Morgan fingerprint density at radius 2 is 2.00 bits per heavy atom. The van der Waals surface area contributed by atoms with Crippen molar-refractivity contribution in [3.63, 3.8) is 0 Å². The van der Waals surface area contributed by atoms with Crippen LogP contribution in [-0.2, 0) is 0 Å². The molecule has 0 aliphatic heterocycles. The molecule has 0 atom stereocenters. The molecule has 2 aromatic heterocycles.